The van der Waals surface area contributed by atoms with Crippen molar-refractivity contribution in [3.8, 4) is 0 Å². The van der Waals surface area contributed by atoms with Crippen molar-refractivity contribution in [2.24, 2.45) is 5.73 Å². The molecule has 0 aliphatic heterocycles. The summed E-state index contributed by atoms with van der Waals surface area (Å²) in [5.41, 5.74) is 8.25. The summed E-state index contributed by atoms with van der Waals surface area (Å²) in [6.45, 7) is 5.57. The molecule has 0 amide bonds. The quantitative estimate of drug-likeness (QED) is 0.746. The van der Waals surface area contributed by atoms with Crippen LogP contribution >= 0.6 is 0 Å². The minimum absolute atomic E-state index is 0.0259. The molecule has 0 bridgehead atoms. The van der Waals surface area contributed by atoms with Crippen LogP contribution in [0.25, 0.3) is 0 Å². The second-order valence-electron chi connectivity index (χ2n) is 3.48. The molecule has 72 valence electrons. The number of hydrogen-bond acceptors (Lipinski definition) is 1. The molecule has 13 heavy (non-hydrogen) atoms. The Morgan fingerprint density at radius 1 is 1.31 bits per heavy atom. The van der Waals surface area contributed by atoms with Crippen molar-refractivity contribution in [3.63, 3.8) is 0 Å². The second kappa shape index (κ2) is 3.88. The Morgan fingerprint density at radius 3 is 2.15 bits per heavy atom. The normalized spacial score (nSPS) is 13.0. The topological polar surface area (TPSA) is 26.0 Å². The first-order chi connectivity index (χ1) is 6.06. The first kappa shape index (κ1) is 10.2. The summed E-state index contributed by atoms with van der Waals surface area (Å²) < 4.78 is 13.2. The van der Waals surface area contributed by atoms with E-state index in [2.05, 4.69) is 0 Å². The molecule has 0 aliphatic rings. The number of aryl methyl sites for hydroxylation is 2. The van der Waals surface area contributed by atoms with Crippen molar-refractivity contribution in [2.45, 2.75) is 33.2 Å². The van der Waals surface area contributed by atoms with E-state index in [0.717, 1.165) is 12.0 Å². The Balaban J connectivity index is 3.13. The fourth-order valence-corrected chi connectivity index (χ4v) is 1.43. The molecule has 1 nitrogen and oxygen atoms in total. The third-order valence-corrected chi connectivity index (χ3v) is 2.33. The Labute approximate surface area is 78.8 Å². The van der Waals surface area contributed by atoms with Gasteiger partial charge in [0.05, 0.1) is 0 Å². The second-order valence-corrected chi connectivity index (χ2v) is 3.48. The van der Waals surface area contributed by atoms with E-state index in [1.807, 2.05) is 19.1 Å². The number of rotatable bonds is 2. The Bertz CT molecular complexity index is 284. The van der Waals surface area contributed by atoms with Crippen LogP contribution in [0.1, 0.15) is 36.1 Å². The van der Waals surface area contributed by atoms with Crippen molar-refractivity contribution in [2.75, 3.05) is 0 Å². The van der Waals surface area contributed by atoms with E-state index >= 15 is 0 Å². The van der Waals surface area contributed by atoms with Crippen LogP contribution < -0.4 is 5.73 Å². The highest BCUT2D eigenvalue weighted by atomic mass is 19.1. The smallest absolute Gasteiger partial charge is 0.129 e. The van der Waals surface area contributed by atoms with E-state index in [9.17, 15) is 4.39 Å². The monoisotopic (exact) mass is 181 g/mol. The first-order valence-corrected chi connectivity index (χ1v) is 4.58. The van der Waals surface area contributed by atoms with Gasteiger partial charge in [-0.25, -0.2) is 4.39 Å². The highest BCUT2D eigenvalue weighted by molar-refractivity contribution is 5.32. The molecule has 0 radical (unpaired) electrons. The highest BCUT2D eigenvalue weighted by Gasteiger charge is 2.08. The van der Waals surface area contributed by atoms with Gasteiger partial charge in [-0.05, 0) is 37.0 Å². The molecule has 0 saturated carbocycles. The van der Waals surface area contributed by atoms with Gasteiger partial charge in [0.1, 0.15) is 5.82 Å². The van der Waals surface area contributed by atoms with Crippen LogP contribution in [0.2, 0.25) is 0 Å². The zero-order chi connectivity index (χ0) is 10.0. The summed E-state index contributed by atoms with van der Waals surface area (Å²) in [5.74, 6) is -0.118. The summed E-state index contributed by atoms with van der Waals surface area (Å²) in [7, 11) is 0. The van der Waals surface area contributed by atoms with Gasteiger partial charge < -0.3 is 5.73 Å². The van der Waals surface area contributed by atoms with Crippen LogP contribution in [0.4, 0.5) is 4.39 Å². The fourth-order valence-electron chi connectivity index (χ4n) is 1.43. The molecule has 0 aromatic heterocycles. The average molecular weight is 181 g/mol. The van der Waals surface area contributed by atoms with Crippen LogP contribution in [-0.2, 0) is 0 Å². The molecule has 0 heterocycles. The van der Waals surface area contributed by atoms with E-state index in [1.54, 1.807) is 13.8 Å². The predicted octanol–water partition coefficient (Wildman–Crippen LogP) is 2.85. The van der Waals surface area contributed by atoms with Crippen LogP contribution in [-0.4, -0.2) is 0 Å². The molecule has 0 aliphatic carbocycles. The number of nitrogens with two attached hydrogens (primary N) is 1. The van der Waals surface area contributed by atoms with Crippen LogP contribution in [0.3, 0.4) is 0 Å². The van der Waals surface area contributed by atoms with Gasteiger partial charge in [-0.1, -0.05) is 19.1 Å². The van der Waals surface area contributed by atoms with E-state index in [4.69, 9.17) is 5.73 Å². The summed E-state index contributed by atoms with van der Waals surface area (Å²) in [6.07, 6.45) is 0.879. The fraction of sp³-hybridized carbons (Fsp3) is 0.455. The largest absolute Gasteiger partial charge is 0.324 e. The molecular weight excluding hydrogens is 165 g/mol. The lowest BCUT2D eigenvalue weighted by molar-refractivity contribution is 0.604. The predicted molar refractivity (Wildman–Crippen MR) is 53.1 cm³/mol. The molecule has 1 aromatic rings. The summed E-state index contributed by atoms with van der Waals surface area (Å²) in [4.78, 5) is 0. The third kappa shape index (κ3) is 2.07. The lowest BCUT2D eigenvalue weighted by atomic mass is 10.00. The van der Waals surface area contributed by atoms with E-state index in [0.29, 0.717) is 11.1 Å². The minimum Gasteiger partial charge on any atom is -0.324 e. The SMILES string of the molecule is CCC(N)c1cc(C)c(F)c(C)c1. The van der Waals surface area contributed by atoms with Gasteiger partial charge in [0.25, 0.3) is 0 Å². The number of halogens is 1. The molecule has 1 unspecified atom stereocenters. The average Bonchev–Trinajstić information content (AvgIpc) is 2.12. The zero-order valence-corrected chi connectivity index (χ0v) is 8.39. The van der Waals surface area contributed by atoms with Crippen molar-refractivity contribution in [1.82, 2.24) is 0 Å². The maximum Gasteiger partial charge on any atom is 0.129 e. The van der Waals surface area contributed by atoms with E-state index in [1.165, 1.54) is 0 Å². The lowest BCUT2D eigenvalue weighted by Crippen LogP contribution is -2.09. The van der Waals surface area contributed by atoms with Crippen LogP contribution in [0, 0.1) is 19.7 Å². The first-order valence-electron chi connectivity index (χ1n) is 4.58. The van der Waals surface area contributed by atoms with E-state index < -0.39 is 0 Å². The Morgan fingerprint density at radius 2 is 1.77 bits per heavy atom. The van der Waals surface area contributed by atoms with E-state index in [-0.39, 0.29) is 11.9 Å². The van der Waals surface area contributed by atoms with Gasteiger partial charge in [0.15, 0.2) is 0 Å². The minimum atomic E-state index is -0.118. The zero-order valence-electron chi connectivity index (χ0n) is 8.39. The number of hydrogen-bond donors (Lipinski definition) is 1. The summed E-state index contributed by atoms with van der Waals surface area (Å²) in [5, 5.41) is 0. The van der Waals surface area contributed by atoms with Gasteiger partial charge in [-0.2, -0.15) is 0 Å². The highest BCUT2D eigenvalue weighted by Crippen LogP contribution is 2.20. The van der Waals surface area contributed by atoms with Crippen molar-refractivity contribution < 1.29 is 4.39 Å². The van der Waals surface area contributed by atoms with Gasteiger partial charge >= 0.3 is 0 Å². The van der Waals surface area contributed by atoms with Gasteiger partial charge in [0, 0.05) is 6.04 Å². The molecule has 0 saturated heterocycles. The maximum absolute atomic E-state index is 13.2. The standard InChI is InChI=1S/C11H16FN/c1-4-10(13)9-5-7(2)11(12)8(3)6-9/h5-6,10H,4,13H2,1-3H3. The molecule has 0 fully saturated rings. The Kier molecular flexibility index (Phi) is 3.04. The molecule has 1 atom stereocenters. The maximum atomic E-state index is 13.2. The van der Waals surface area contributed by atoms with Crippen molar-refractivity contribution in [3.05, 3.63) is 34.6 Å². The third-order valence-electron chi connectivity index (χ3n) is 2.33. The molecule has 2 heteroatoms. The summed E-state index contributed by atoms with van der Waals surface area (Å²) >= 11 is 0. The Hall–Kier alpha value is -0.890. The number of benzene rings is 1. The van der Waals surface area contributed by atoms with Gasteiger partial charge in [-0.3, -0.25) is 0 Å². The molecule has 2 N–H and O–H groups in total. The molecule has 0 spiro atoms. The van der Waals surface area contributed by atoms with Crippen molar-refractivity contribution >= 4 is 0 Å². The lowest BCUT2D eigenvalue weighted by Gasteiger charge is -2.12. The van der Waals surface area contributed by atoms with Crippen LogP contribution in [0.15, 0.2) is 12.1 Å². The molecule has 1 rings (SSSR count). The molecule has 1 aromatic carbocycles. The summed E-state index contributed by atoms with van der Waals surface area (Å²) in [6, 6.07) is 3.69. The van der Waals surface area contributed by atoms with Gasteiger partial charge in [0.2, 0.25) is 0 Å². The van der Waals surface area contributed by atoms with Crippen molar-refractivity contribution in [1.29, 1.82) is 0 Å². The van der Waals surface area contributed by atoms with Gasteiger partial charge in [-0.15, -0.1) is 0 Å². The van der Waals surface area contributed by atoms with Crippen LogP contribution in [0.5, 0.6) is 0 Å². The molecular formula is C11H16FN.